The van der Waals surface area contributed by atoms with Crippen molar-refractivity contribution in [3.63, 3.8) is 0 Å². The van der Waals surface area contributed by atoms with Crippen LogP contribution in [-0.2, 0) is 11.2 Å². The molecule has 0 radical (unpaired) electrons. The van der Waals surface area contributed by atoms with Gasteiger partial charge in [-0.3, -0.25) is 0 Å². The molecule has 1 fully saturated rings. The molecule has 4 heteroatoms. The first-order valence-corrected chi connectivity index (χ1v) is 7.68. The average Bonchev–Trinajstić information content (AvgIpc) is 2.77. The molecule has 0 saturated carbocycles. The number of cyclic esters (lactones) is 1. The van der Waals surface area contributed by atoms with Gasteiger partial charge >= 0.3 is 6.09 Å². The van der Waals surface area contributed by atoms with Gasteiger partial charge in [-0.05, 0) is 23.8 Å². The Bertz CT molecular complexity index is 467. The second kappa shape index (κ2) is 6.48. The highest BCUT2D eigenvalue weighted by Crippen LogP contribution is 2.24. The van der Waals surface area contributed by atoms with E-state index in [4.69, 9.17) is 4.74 Å². The second-order valence-electron chi connectivity index (χ2n) is 6.75. The number of ether oxygens (including phenoxy) is 1. The Morgan fingerprint density at radius 1 is 1.33 bits per heavy atom. The number of carbonyl (C=O) groups excluding carboxylic acids is 1. The molecule has 21 heavy (non-hydrogen) atoms. The van der Waals surface area contributed by atoms with E-state index in [0.29, 0.717) is 6.61 Å². The van der Waals surface area contributed by atoms with Crippen LogP contribution in [0, 0.1) is 5.41 Å². The molecule has 1 aromatic carbocycles. The third-order valence-corrected chi connectivity index (χ3v) is 4.02. The number of carbonyl (C=O) groups is 1. The van der Waals surface area contributed by atoms with E-state index in [1.807, 2.05) is 18.2 Å². The predicted molar refractivity (Wildman–Crippen MR) is 83.8 cm³/mol. The van der Waals surface area contributed by atoms with Gasteiger partial charge in [0.05, 0.1) is 6.04 Å². The van der Waals surface area contributed by atoms with Gasteiger partial charge in [0.25, 0.3) is 0 Å². The summed E-state index contributed by atoms with van der Waals surface area (Å²) in [6, 6.07) is 10.5. The van der Waals surface area contributed by atoms with Crippen LogP contribution < -0.4 is 5.43 Å². The molecule has 0 aromatic heterocycles. The van der Waals surface area contributed by atoms with Crippen LogP contribution in [0.15, 0.2) is 30.3 Å². The Balaban J connectivity index is 2.06. The summed E-state index contributed by atoms with van der Waals surface area (Å²) >= 11 is 0. The highest BCUT2D eigenvalue weighted by Gasteiger charge is 2.36. The van der Waals surface area contributed by atoms with E-state index in [9.17, 15) is 4.79 Å². The maximum absolute atomic E-state index is 12.0. The van der Waals surface area contributed by atoms with Crippen LogP contribution in [-0.4, -0.2) is 29.8 Å². The van der Waals surface area contributed by atoms with E-state index in [0.717, 1.165) is 12.8 Å². The summed E-state index contributed by atoms with van der Waals surface area (Å²) in [5.41, 5.74) is 4.70. The van der Waals surface area contributed by atoms with E-state index in [2.05, 4.69) is 45.3 Å². The Morgan fingerprint density at radius 3 is 2.57 bits per heavy atom. The lowest BCUT2D eigenvalue weighted by molar-refractivity contribution is 0.103. The fourth-order valence-corrected chi connectivity index (χ4v) is 2.72. The van der Waals surface area contributed by atoms with Crippen molar-refractivity contribution >= 4 is 6.09 Å². The standard InChI is InChI=1S/C17H26N2O2/c1-5-15(17(2,3)4)18-19-14(12-21-16(19)20)11-13-9-7-6-8-10-13/h6-10,14-15,18H,5,11-12H2,1-4H3/t14-,15+/m0/s1. The molecule has 1 heterocycles. The molecule has 0 unspecified atom stereocenters. The Kier molecular flexibility index (Phi) is 4.88. The van der Waals surface area contributed by atoms with E-state index < -0.39 is 0 Å². The minimum absolute atomic E-state index is 0.0521. The zero-order valence-corrected chi connectivity index (χ0v) is 13.4. The number of rotatable bonds is 5. The largest absolute Gasteiger partial charge is 0.446 e. The summed E-state index contributed by atoms with van der Waals surface area (Å²) in [6.45, 7) is 9.13. The summed E-state index contributed by atoms with van der Waals surface area (Å²) in [7, 11) is 0. The lowest BCUT2D eigenvalue weighted by Crippen LogP contribution is -2.54. The van der Waals surface area contributed by atoms with Gasteiger partial charge in [0.15, 0.2) is 0 Å². The van der Waals surface area contributed by atoms with Gasteiger partial charge in [-0.2, -0.15) is 0 Å². The number of hydrazine groups is 1. The van der Waals surface area contributed by atoms with Crippen molar-refractivity contribution < 1.29 is 9.53 Å². The van der Waals surface area contributed by atoms with Crippen LogP contribution in [0.2, 0.25) is 0 Å². The van der Waals surface area contributed by atoms with Gasteiger partial charge in [-0.25, -0.2) is 15.2 Å². The van der Waals surface area contributed by atoms with Crippen LogP contribution in [0.4, 0.5) is 4.79 Å². The lowest BCUT2D eigenvalue weighted by atomic mass is 9.85. The maximum Gasteiger partial charge on any atom is 0.424 e. The summed E-state index contributed by atoms with van der Waals surface area (Å²) in [4.78, 5) is 12.0. The van der Waals surface area contributed by atoms with E-state index >= 15 is 0 Å². The fraction of sp³-hybridized carbons (Fsp3) is 0.588. The Labute approximate surface area is 127 Å². The number of hydrogen-bond acceptors (Lipinski definition) is 3. The molecule has 1 saturated heterocycles. The summed E-state index contributed by atoms with van der Waals surface area (Å²) in [5.74, 6) is 0. The van der Waals surface area contributed by atoms with Crippen molar-refractivity contribution in [2.75, 3.05) is 6.61 Å². The normalized spacial score (nSPS) is 20.5. The number of hydrogen-bond donors (Lipinski definition) is 1. The molecule has 0 aliphatic carbocycles. The molecule has 0 bridgehead atoms. The van der Waals surface area contributed by atoms with Gasteiger partial charge in [-0.15, -0.1) is 0 Å². The van der Waals surface area contributed by atoms with Crippen molar-refractivity contribution in [1.29, 1.82) is 0 Å². The zero-order chi connectivity index (χ0) is 15.5. The molecule has 2 atom stereocenters. The quantitative estimate of drug-likeness (QED) is 0.904. The third-order valence-electron chi connectivity index (χ3n) is 4.02. The summed E-state index contributed by atoms with van der Waals surface area (Å²) in [6.07, 6.45) is 1.50. The van der Waals surface area contributed by atoms with Crippen LogP contribution in [0.5, 0.6) is 0 Å². The molecule has 1 amide bonds. The number of nitrogens with zero attached hydrogens (tertiary/aromatic N) is 1. The first-order chi connectivity index (χ1) is 9.91. The molecule has 0 spiro atoms. The highest BCUT2D eigenvalue weighted by atomic mass is 16.6. The zero-order valence-electron chi connectivity index (χ0n) is 13.4. The van der Waals surface area contributed by atoms with Crippen LogP contribution in [0.1, 0.15) is 39.7 Å². The van der Waals surface area contributed by atoms with Crippen LogP contribution in [0.25, 0.3) is 0 Å². The molecular formula is C17H26N2O2. The summed E-state index contributed by atoms with van der Waals surface area (Å²) < 4.78 is 5.23. The van der Waals surface area contributed by atoms with Gasteiger partial charge < -0.3 is 4.74 Å². The van der Waals surface area contributed by atoms with Crippen molar-refractivity contribution in [3.05, 3.63) is 35.9 Å². The maximum atomic E-state index is 12.0. The fourth-order valence-electron chi connectivity index (χ4n) is 2.72. The third kappa shape index (κ3) is 3.97. The SMILES string of the molecule is CC[C@@H](NN1C(=O)OC[C@@H]1Cc1ccccc1)C(C)(C)C. The number of nitrogens with one attached hydrogen (secondary N) is 1. The van der Waals surface area contributed by atoms with Gasteiger partial charge in [0.2, 0.25) is 0 Å². The average molecular weight is 290 g/mol. The molecule has 4 nitrogen and oxygen atoms in total. The van der Waals surface area contributed by atoms with E-state index in [1.54, 1.807) is 5.01 Å². The molecule has 116 valence electrons. The second-order valence-corrected chi connectivity index (χ2v) is 6.75. The van der Waals surface area contributed by atoms with Crippen LogP contribution in [0.3, 0.4) is 0 Å². The highest BCUT2D eigenvalue weighted by molar-refractivity contribution is 5.69. The first-order valence-electron chi connectivity index (χ1n) is 7.68. The van der Waals surface area contributed by atoms with Gasteiger partial charge in [-0.1, -0.05) is 58.0 Å². The molecule has 1 aromatic rings. The van der Waals surface area contributed by atoms with Crippen molar-refractivity contribution in [1.82, 2.24) is 10.4 Å². The topological polar surface area (TPSA) is 41.6 Å². The summed E-state index contributed by atoms with van der Waals surface area (Å²) in [5, 5.41) is 1.69. The number of amides is 1. The molecule has 1 aliphatic rings. The molecule has 1 N–H and O–H groups in total. The molecular weight excluding hydrogens is 264 g/mol. The Hall–Kier alpha value is -1.55. The first kappa shape index (κ1) is 15.8. The molecule has 2 rings (SSSR count). The Morgan fingerprint density at radius 2 is 2.00 bits per heavy atom. The predicted octanol–water partition coefficient (Wildman–Crippen LogP) is 3.38. The van der Waals surface area contributed by atoms with Gasteiger partial charge in [0, 0.05) is 6.04 Å². The minimum atomic E-state index is -0.265. The smallest absolute Gasteiger partial charge is 0.424 e. The lowest BCUT2D eigenvalue weighted by Gasteiger charge is -2.35. The molecule has 1 aliphatic heterocycles. The van der Waals surface area contributed by atoms with E-state index in [-0.39, 0.29) is 23.6 Å². The van der Waals surface area contributed by atoms with Crippen LogP contribution >= 0.6 is 0 Å². The van der Waals surface area contributed by atoms with Crippen molar-refractivity contribution in [3.8, 4) is 0 Å². The van der Waals surface area contributed by atoms with Gasteiger partial charge in [0.1, 0.15) is 6.61 Å². The van der Waals surface area contributed by atoms with E-state index in [1.165, 1.54) is 5.56 Å². The monoisotopic (exact) mass is 290 g/mol. The van der Waals surface area contributed by atoms with Crippen molar-refractivity contribution in [2.45, 2.75) is 52.6 Å². The number of benzene rings is 1. The van der Waals surface area contributed by atoms with Crippen molar-refractivity contribution in [2.24, 2.45) is 5.41 Å². The minimum Gasteiger partial charge on any atom is -0.446 e.